The minimum absolute atomic E-state index is 0.145. The van der Waals surface area contributed by atoms with Crippen molar-refractivity contribution in [1.82, 2.24) is 9.44 Å². The Hall–Kier alpha value is -1.35. The molecular weight excluding hydrogens is 276 g/mol. The van der Waals surface area contributed by atoms with Crippen LogP contribution in [0.25, 0.3) is 0 Å². The summed E-state index contributed by atoms with van der Waals surface area (Å²) in [5, 5.41) is 8.87. The minimum atomic E-state index is -4.26. The Morgan fingerprint density at radius 1 is 1.32 bits per heavy atom. The summed E-state index contributed by atoms with van der Waals surface area (Å²) in [4.78, 5) is 22.0. The summed E-state index contributed by atoms with van der Waals surface area (Å²) in [6.45, 7) is 4.97. The molecule has 0 saturated heterocycles. The zero-order valence-electron chi connectivity index (χ0n) is 11.2. The van der Waals surface area contributed by atoms with E-state index in [-0.39, 0.29) is 6.42 Å². The monoisotopic (exact) mass is 296 g/mol. The standard InChI is InChI=1S/C10H20N2O6S/c1-4-5-6-8(9(13)14)11-19(16,17)12-10(15)18-7(2)3/h7-8,11H,4-6H2,1-3H3,(H,12,15)(H,13,14). The molecule has 1 amide bonds. The molecule has 19 heavy (non-hydrogen) atoms. The highest BCUT2D eigenvalue weighted by Crippen LogP contribution is 2.02. The number of amides is 1. The van der Waals surface area contributed by atoms with Gasteiger partial charge in [-0.3, -0.25) is 4.79 Å². The molecule has 0 radical (unpaired) electrons. The van der Waals surface area contributed by atoms with E-state index >= 15 is 0 Å². The van der Waals surface area contributed by atoms with Gasteiger partial charge in [0.05, 0.1) is 6.10 Å². The van der Waals surface area contributed by atoms with E-state index < -0.39 is 34.4 Å². The first-order valence-corrected chi connectivity index (χ1v) is 7.39. The molecule has 0 aromatic heterocycles. The Bertz CT molecular complexity index is 406. The molecule has 1 atom stereocenters. The van der Waals surface area contributed by atoms with Crippen LogP contribution < -0.4 is 9.44 Å². The van der Waals surface area contributed by atoms with Gasteiger partial charge in [0.15, 0.2) is 0 Å². The molecule has 0 aromatic carbocycles. The molecule has 0 aliphatic heterocycles. The molecule has 0 spiro atoms. The van der Waals surface area contributed by atoms with Gasteiger partial charge in [0.1, 0.15) is 6.04 Å². The van der Waals surface area contributed by atoms with Crippen molar-refractivity contribution < 1.29 is 27.9 Å². The van der Waals surface area contributed by atoms with Gasteiger partial charge in [0.2, 0.25) is 0 Å². The largest absolute Gasteiger partial charge is 0.480 e. The van der Waals surface area contributed by atoms with Crippen molar-refractivity contribution in [2.45, 2.75) is 52.2 Å². The van der Waals surface area contributed by atoms with Crippen LogP contribution in [0.5, 0.6) is 0 Å². The Morgan fingerprint density at radius 3 is 2.32 bits per heavy atom. The molecule has 0 fully saturated rings. The van der Waals surface area contributed by atoms with Crippen LogP contribution in [0.4, 0.5) is 4.79 Å². The molecule has 0 aliphatic rings. The fourth-order valence-corrected chi connectivity index (χ4v) is 2.13. The molecule has 112 valence electrons. The average Bonchev–Trinajstić information content (AvgIpc) is 2.21. The number of ether oxygens (including phenoxy) is 1. The van der Waals surface area contributed by atoms with E-state index in [1.807, 2.05) is 11.6 Å². The molecule has 0 heterocycles. The number of carboxylic acids is 1. The van der Waals surface area contributed by atoms with E-state index in [0.29, 0.717) is 6.42 Å². The Morgan fingerprint density at radius 2 is 1.89 bits per heavy atom. The third-order valence-electron chi connectivity index (χ3n) is 2.00. The minimum Gasteiger partial charge on any atom is -0.480 e. The average molecular weight is 296 g/mol. The van der Waals surface area contributed by atoms with Crippen LogP contribution in [0, 0.1) is 0 Å². The van der Waals surface area contributed by atoms with Gasteiger partial charge < -0.3 is 9.84 Å². The van der Waals surface area contributed by atoms with Gasteiger partial charge in [-0.25, -0.2) is 9.52 Å². The topological polar surface area (TPSA) is 122 Å². The molecule has 0 aliphatic carbocycles. The van der Waals surface area contributed by atoms with Crippen LogP contribution in [0.15, 0.2) is 0 Å². The number of aliphatic carboxylic acids is 1. The van der Waals surface area contributed by atoms with Crippen LogP contribution in [0.3, 0.4) is 0 Å². The highest BCUT2D eigenvalue weighted by atomic mass is 32.2. The number of carbonyl (C=O) groups excluding carboxylic acids is 1. The fourth-order valence-electron chi connectivity index (χ4n) is 1.21. The highest BCUT2D eigenvalue weighted by molar-refractivity contribution is 7.88. The van der Waals surface area contributed by atoms with Crippen molar-refractivity contribution in [3.8, 4) is 0 Å². The summed E-state index contributed by atoms with van der Waals surface area (Å²) in [6.07, 6.45) is -0.205. The van der Waals surface area contributed by atoms with Gasteiger partial charge in [-0.05, 0) is 20.3 Å². The number of hydrogen-bond donors (Lipinski definition) is 3. The molecule has 3 N–H and O–H groups in total. The summed E-state index contributed by atoms with van der Waals surface area (Å²) in [5.74, 6) is -1.30. The number of carboxylic acid groups (broad SMARTS) is 1. The van der Waals surface area contributed by atoms with Crippen LogP contribution >= 0.6 is 0 Å². The zero-order chi connectivity index (χ0) is 15.1. The van der Waals surface area contributed by atoms with Crippen LogP contribution in [-0.4, -0.2) is 37.7 Å². The maximum absolute atomic E-state index is 11.5. The van der Waals surface area contributed by atoms with E-state index in [2.05, 4.69) is 4.74 Å². The summed E-state index contributed by atoms with van der Waals surface area (Å²) < 4.78 is 31.1. The summed E-state index contributed by atoms with van der Waals surface area (Å²) >= 11 is 0. The molecular formula is C10H20N2O6S. The fraction of sp³-hybridized carbons (Fsp3) is 0.800. The lowest BCUT2D eigenvalue weighted by Crippen LogP contribution is -2.48. The van der Waals surface area contributed by atoms with Crippen LogP contribution in [-0.2, 0) is 19.7 Å². The molecule has 0 aromatic rings. The smallest absolute Gasteiger partial charge is 0.422 e. The van der Waals surface area contributed by atoms with Gasteiger partial charge in [0, 0.05) is 0 Å². The van der Waals surface area contributed by atoms with Gasteiger partial charge >= 0.3 is 22.3 Å². The molecule has 0 bridgehead atoms. The SMILES string of the molecule is CCCCC(NS(=O)(=O)NC(=O)OC(C)C)C(=O)O. The third kappa shape index (κ3) is 8.38. The Balaban J connectivity index is 4.55. The van der Waals surface area contributed by atoms with Gasteiger partial charge in [-0.2, -0.15) is 13.1 Å². The zero-order valence-corrected chi connectivity index (χ0v) is 12.0. The number of carbonyl (C=O) groups is 2. The van der Waals surface area contributed by atoms with E-state index in [9.17, 15) is 18.0 Å². The highest BCUT2D eigenvalue weighted by Gasteiger charge is 2.25. The molecule has 1 unspecified atom stereocenters. The lowest BCUT2D eigenvalue weighted by atomic mass is 10.1. The van der Waals surface area contributed by atoms with Crippen molar-refractivity contribution >= 4 is 22.3 Å². The van der Waals surface area contributed by atoms with Crippen LogP contribution in [0.1, 0.15) is 40.0 Å². The predicted octanol–water partition coefficient (Wildman–Crippen LogP) is 0.599. The summed E-state index contributed by atoms with van der Waals surface area (Å²) in [6, 6.07) is -1.27. The second-order valence-electron chi connectivity index (χ2n) is 4.21. The maximum Gasteiger partial charge on any atom is 0.422 e. The summed E-state index contributed by atoms with van der Waals surface area (Å²) in [5.41, 5.74) is 0. The van der Waals surface area contributed by atoms with Crippen molar-refractivity contribution in [3.63, 3.8) is 0 Å². The lowest BCUT2D eigenvalue weighted by molar-refractivity contribution is -0.139. The van der Waals surface area contributed by atoms with E-state index in [4.69, 9.17) is 5.11 Å². The number of hydrogen-bond acceptors (Lipinski definition) is 5. The van der Waals surface area contributed by atoms with Crippen molar-refractivity contribution in [1.29, 1.82) is 0 Å². The van der Waals surface area contributed by atoms with Crippen LogP contribution in [0.2, 0.25) is 0 Å². The van der Waals surface area contributed by atoms with Crippen molar-refractivity contribution in [2.24, 2.45) is 0 Å². The maximum atomic E-state index is 11.5. The van der Waals surface area contributed by atoms with Crippen molar-refractivity contribution in [2.75, 3.05) is 0 Å². The normalized spacial score (nSPS) is 13.1. The first kappa shape index (κ1) is 17.6. The number of nitrogens with one attached hydrogen (secondary N) is 2. The molecule has 0 rings (SSSR count). The van der Waals surface area contributed by atoms with E-state index in [1.165, 1.54) is 0 Å². The Kier molecular flexibility index (Phi) is 7.38. The second kappa shape index (κ2) is 7.95. The summed E-state index contributed by atoms with van der Waals surface area (Å²) in [7, 11) is -4.26. The second-order valence-corrected chi connectivity index (χ2v) is 5.66. The van der Waals surface area contributed by atoms with Crippen molar-refractivity contribution in [3.05, 3.63) is 0 Å². The third-order valence-corrected chi connectivity index (χ3v) is 3.03. The quantitative estimate of drug-likeness (QED) is 0.603. The van der Waals surface area contributed by atoms with Gasteiger partial charge in [-0.15, -0.1) is 0 Å². The van der Waals surface area contributed by atoms with Gasteiger partial charge in [0.25, 0.3) is 0 Å². The number of unbranched alkanes of at least 4 members (excludes halogenated alkanes) is 1. The van der Waals surface area contributed by atoms with E-state index in [1.54, 1.807) is 18.6 Å². The lowest BCUT2D eigenvalue weighted by Gasteiger charge is -2.15. The molecule has 8 nitrogen and oxygen atoms in total. The predicted molar refractivity (Wildman–Crippen MR) is 67.8 cm³/mol. The van der Waals surface area contributed by atoms with Gasteiger partial charge in [-0.1, -0.05) is 19.8 Å². The van der Waals surface area contributed by atoms with E-state index in [0.717, 1.165) is 6.42 Å². The Labute approximate surface area is 112 Å². The molecule has 0 saturated carbocycles. The number of rotatable bonds is 8. The first-order valence-electron chi connectivity index (χ1n) is 5.91. The molecule has 9 heteroatoms. The first-order chi connectivity index (χ1) is 8.68.